The molecular formula is C122H136O10S4+4. The van der Waals surface area contributed by atoms with Gasteiger partial charge in [0.15, 0.2) is 72.0 Å². The Hall–Kier alpha value is -10.5. The Bertz CT molecular complexity index is 5740. The van der Waals surface area contributed by atoms with E-state index >= 15 is 0 Å². The highest BCUT2D eigenvalue weighted by atomic mass is 32.2. The van der Waals surface area contributed by atoms with Crippen molar-refractivity contribution in [3.05, 3.63) is 336 Å². The van der Waals surface area contributed by atoms with Crippen molar-refractivity contribution in [1.82, 2.24) is 0 Å². The normalized spacial score (nSPS) is 21.1. The summed E-state index contributed by atoms with van der Waals surface area (Å²) in [6, 6.07) is 103. The molecule has 0 radical (unpaired) electrons. The second-order valence-corrected chi connectivity index (χ2v) is 48.4. The number of ether oxygens (including phenoxy) is 6. The fourth-order valence-electron chi connectivity index (χ4n) is 24.6. The van der Waals surface area contributed by atoms with Gasteiger partial charge in [-0.15, -0.1) is 0 Å². The van der Waals surface area contributed by atoms with Crippen LogP contribution in [0.5, 0.6) is 23.0 Å². The van der Waals surface area contributed by atoms with Crippen molar-refractivity contribution in [2.24, 2.45) is 46.3 Å². The first kappa shape index (κ1) is 97.2. The van der Waals surface area contributed by atoms with Crippen LogP contribution in [0.15, 0.2) is 350 Å². The van der Waals surface area contributed by atoms with Gasteiger partial charge in [-0.05, 0) is 379 Å². The minimum Gasteiger partial charge on any atom is -0.481 e. The van der Waals surface area contributed by atoms with Crippen molar-refractivity contribution < 1.29 is 47.6 Å². The Labute approximate surface area is 820 Å². The molecule has 0 atom stereocenters. The average molecular weight is 1890 g/mol. The Balaban J connectivity index is 0.000000126. The van der Waals surface area contributed by atoms with Crippen LogP contribution in [0.3, 0.4) is 0 Å². The molecule has 14 heteroatoms. The van der Waals surface area contributed by atoms with Crippen molar-refractivity contribution in [1.29, 1.82) is 0 Å². The Morgan fingerprint density at radius 1 is 0.272 bits per heavy atom. The lowest BCUT2D eigenvalue weighted by atomic mass is 9.49. The highest BCUT2D eigenvalue weighted by Crippen LogP contribution is 2.63. The third kappa shape index (κ3) is 23.1. The van der Waals surface area contributed by atoms with E-state index < -0.39 is 0 Å². The van der Waals surface area contributed by atoms with Crippen molar-refractivity contribution in [3.8, 4) is 23.0 Å². The SMILES string of the molecule is CCC1(OC(=O)COc2c(C)cc([S+](c3ccccc3)c3ccccc3)cc2C)CCCC1.CCC1(OC(=O)COc2c(C)cc([S+](c3ccccc3)c3ccccc3)cc2C)CCCCC1.Cc1cc([S+](c2ccccc2)c2ccccc2)cc(C)c1OC(=O)C12CC3CC(CC(C3)C1)C2.Cc1cc([S+](c2ccccc2)c2ccccc2)cc(C)c1OC(=O)CC12CC3CC(CC(C3)C1)C2. The summed E-state index contributed by atoms with van der Waals surface area (Å²) in [5.74, 6) is 7.33. The third-order valence-corrected chi connectivity index (χ3v) is 38.8. The van der Waals surface area contributed by atoms with E-state index in [1.807, 2.05) is 0 Å². The zero-order chi connectivity index (χ0) is 94.5. The van der Waals surface area contributed by atoms with E-state index in [-0.39, 0.29) is 103 Å². The number of esters is 4. The van der Waals surface area contributed by atoms with E-state index in [0.29, 0.717) is 6.42 Å². The first-order valence-electron chi connectivity index (χ1n) is 50.0. The van der Waals surface area contributed by atoms with Crippen molar-refractivity contribution >= 4 is 67.5 Å². The van der Waals surface area contributed by atoms with Crippen LogP contribution >= 0.6 is 0 Å². The molecule has 0 aromatic heterocycles. The van der Waals surface area contributed by atoms with Crippen molar-refractivity contribution in [2.75, 3.05) is 13.2 Å². The lowest BCUT2D eigenvalue weighted by molar-refractivity contribution is -0.166. The zero-order valence-corrected chi connectivity index (χ0v) is 84.5. The summed E-state index contributed by atoms with van der Waals surface area (Å²) in [6.45, 7) is 20.7. The number of carbonyl (C=O) groups is 4. The van der Waals surface area contributed by atoms with Gasteiger partial charge in [0.25, 0.3) is 0 Å². The van der Waals surface area contributed by atoms with Gasteiger partial charge in [0.1, 0.15) is 34.2 Å². The van der Waals surface area contributed by atoms with Gasteiger partial charge < -0.3 is 28.4 Å². The molecule has 136 heavy (non-hydrogen) atoms. The molecule has 10 fully saturated rings. The average Bonchev–Trinajstić information content (AvgIpc) is 1.34. The van der Waals surface area contributed by atoms with E-state index in [2.05, 4.69) is 360 Å². The molecule has 10 saturated carbocycles. The van der Waals surface area contributed by atoms with Gasteiger partial charge >= 0.3 is 23.9 Å². The maximum atomic E-state index is 13.6. The van der Waals surface area contributed by atoms with E-state index in [9.17, 15) is 19.2 Å². The van der Waals surface area contributed by atoms with Gasteiger partial charge in [-0.3, -0.25) is 9.59 Å². The van der Waals surface area contributed by atoms with Gasteiger partial charge in [-0.1, -0.05) is 166 Å². The monoisotopic (exact) mass is 1890 g/mol. The standard InChI is InChI=1S/C32H35O2S.C31H33O2S.C30H35O3S.C29H33O3S/c1-22-13-29(35(27-9-5-3-6-10-27)28-11-7-4-8-12-28)14-23(2)31(22)34-30(33)21-32-18-24-15-25(19-32)17-26(16-24)20-32;1-21-13-28(34(26-9-5-3-6-10-26)27-11-7-4-8-12-27)14-22(2)29(21)33-30(32)31-18-23-15-24(19-31)17-25(16-23)20-31;1-4-30(18-12-7-13-19-30)33-28(31)22-32-29-23(2)20-27(21-24(29)3)34(25-14-8-5-9-15-25)26-16-10-6-11-17-26;1-4-29(17-11-12-18-29)32-27(30)21-31-28-22(2)19-26(20-23(28)3)33(24-13-7-5-8-14-24)25-15-9-6-10-16-25/h3-14,24-26H,15-21H2,1-2H3;3-14,23-25H,15-20H2,1-2H3;5-6,8-11,14-17,20-21H,4,7,12-13,18-19,22H2,1-3H3;5-10,13-16,19-20H,4,11-12,17-18,21H2,1-3H3/q4*+1. The second-order valence-electron chi connectivity index (χ2n) is 40.3. The first-order valence-corrected chi connectivity index (χ1v) is 54.9. The quantitative estimate of drug-likeness (QED) is 0.0279. The van der Waals surface area contributed by atoms with Crippen LogP contribution in [0, 0.1) is 102 Å². The fourth-order valence-corrected chi connectivity index (χ4v) is 33.6. The summed E-state index contributed by atoms with van der Waals surface area (Å²) < 4.78 is 36.2. The number of rotatable bonds is 27. The van der Waals surface area contributed by atoms with E-state index in [1.54, 1.807) is 0 Å². The van der Waals surface area contributed by atoms with Gasteiger partial charge in [-0.25, -0.2) is 9.59 Å². The van der Waals surface area contributed by atoms with Crippen LogP contribution in [0.4, 0.5) is 0 Å². The zero-order valence-electron chi connectivity index (χ0n) is 81.3. The number of benzene rings is 12. The van der Waals surface area contributed by atoms with Crippen LogP contribution in [-0.4, -0.2) is 48.3 Å². The summed E-state index contributed by atoms with van der Waals surface area (Å²) >= 11 is 0. The summed E-state index contributed by atoms with van der Waals surface area (Å²) in [4.78, 5) is 67.4. The second kappa shape index (κ2) is 44.1. The first-order chi connectivity index (χ1) is 66.0. The van der Waals surface area contributed by atoms with Gasteiger partial charge in [0, 0.05) is 48.5 Å². The number of hydrogen-bond acceptors (Lipinski definition) is 10. The molecule has 8 bridgehead atoms. The number of aryl methyl sites for hydroxylation is 8. The fraction of sp³-hybridized carbons (Fsp3) is 0.377. The molecule has 10 aliphatic rings. The Morgan fingerprint density at radius 2 is 0.493 bits per heavy atom. The lowest BCUT2D eigenvalue weighted by Crippen LogP contribution is -2.51. The van der Waals surface area contributed by atoms with Crippen LogP contribution in [0.2, 0.25) is 0 Å². The molecule has 10 aliphatic carbocycles. The minimum atomic E-state index is -0.299. The number of hydrogen-bond donors (Lipinski definition) is 0. The largest absolute Gasteiger partial charge is 0.481 e. The molecule has 0 amide bonds. The predicted molar refractivity (Wildman–Crippen MR) is 552 cm³/mol. The van der Waals surface area contributed by atoms with Crippen molar-refractivity contribution in [2.45, 2.75) is 293 Å². The molecule has 12 aromatic carbocycles. The van der Waals surface area contributed by atoms with Gasteiger partial charge in [0.2, 0.25) is 0 Å². The number of carbonyl (C=O) groups excluding carboxylic acids is 4. The van der Waals surface area contributed by atoms with Crippen LogP contribution in [0.25, 0.3) is 0 Å². The molecule has 0 spiro atoms. The van der Waals surface area contributed by atoms with E-state index in [1.165, 1.54) is 123 Å². The maximum Gasteiger partial charge on any atom is 0.344 e. The van der Waals surface area contributed by atoms with E-state index in [4.69, 9.17) is 28.4 Å². The van der Waals surface area contributed by atoms with Crippen molar-refractivity contribution in [3.63, 3.8) is 0 Å². The smallest absolute Gasteiger partial charge is 0.344 e. The molecule has 0 aliphatic heterocycles. The minimum absolute atomic E-state index is 0.0315. The molecule has 0 N–H and O–H groups in total. The molecule has 12 aromatic rings. The maximum absolute atomic E-state index is 13.6. The Kier molecular flexibility index (Phi) is 31.5. The molecule has 704 valence electrons. The third-order valence-electron chi connectivity index (χ3n) is 30.0. The van der Waals surface area contributed by atoms with Crippen LogP contribution < -0.4 is 18.9 Å². The highest BCUT2D eigenvalue weighted by Gasteiger charge is 2.57. The molecule has 0 unspecified atom stereocenters. The molecular weight excluding hydrogens is 1750 g/mol. The van der Waals surface area contributed by atoms with Gasteiger partial charge in [0.05, 0.1) is 55.4 Å². The van der Waals surface area contributed by atoms with E-state index in [0.717, 1.165) is 186 Å². The Morgan fingerprint density at radius 3 is 0.735 bits per heavy atom. The molecule has 0 heterocycles. The topological polar surface area (TPSA) is 124 Å². The molecule has 22 rings (SSSR count). The summed E-state index contributed by atoms with van der Waals surface area (Å²) in [5.41, 5.74) is 7.74. The predicted octanol–water partition coefficient (Wildman–Crippen LogP) is 29.9. The highest BCUT2D eigenvalue weighted by molar-refractivity contribution is 7.98. The van der Waals surface area contributed by atoms with Crippen LogP contribution in [-0.2, 0) is 72.2 Å². The van der Waals surface area contributed by atoms with Crippen LogP contribution in [0.1, 0.15) is 212 Å². The summed E-state index contributed by atoms with van der Waals surface area (Å²) in [6.07, 6.45) is 27.0. The summed E-state index contributed by atoms with van der Waals surface area (Å²) in [5, 5.41) is 0. The summed E-state index contributed by atoms with van der Waals surface area (Å²) in [7, 11) is -0.840. The molecule has 0 saturated heterocycles. The van der Waals surface area contributed by atoms with Gasteiger partial charge in [-0.2, -0.15) is 0 Å². The molecule has 10 nitrogen and oxygen atoms in total. The lowest BCUT2D eigenvalue weighted by Gasteiger charge is -2.56.